The van der Waals surface area contributed by atoms with Gasteiger partial charge in [-0.15, -0.1) is 0 Å². The fraction of sp³-hybridized carbons (Fsp3) is 0.364. The zero-order valence-electron chi connectivity index (χ0n) is 15.6. The third-order valence-electron chi connectivity index (χ3n) is 6.86. The molecule has 2 fully saturated rings. The first-order chi connectivity index (χ1) is 12.9. The van der Waals surface area contributed by atoms with E-state index in [4.69, 9.17) is 0 Å². The van der Waals surface area contributed by atoms with Crippen LogP contribution in [0.4, 0.5) is 0 Å². The van der Waals surface area contributed by atoms with Gasteiger partial charge in [0.15, 0.2) is 0 Å². The number of hydrogen-bond donors (Lipinski definition) is 1. The molecule has 0 spiro atoms. The van der Waals surface area contributed by atoms with Gasteiger partial charge in [0.1, 0.15) is 0 Å². The number of hydrogen-bond acceptors (Lipinski definition) is 2. The van der Waals surface area contributed by atoms with Crippen molar-refractivity contribution >= 4 is 20.9 Å². The largest absolute Gasteiger partial charge is 0.361 e. The van der Waals surface area contributed by atoms with Crippen molar-refractivity contribution in [1.29, 1.82) is 0 Å². The van der Waals surface area contributed by atoms with Crippen LogP contribution in [-0.2, 0) is 16.4 Å². The predicted octanol–water partition coefficient (Wildman–Crippen LogP) is 3.98. The van der Waals surface area contributed by atoms with Crippen LogP contribution in [-0.4, -0.2) is 30.8 Å². The highest BCUT2D eigenvalue weighted by Gasteiger charge is 2.67. The van der Waals surface area contributed by atoms with Gasteiger partial charge in [0, 0.05) is 30.2 Å². The fourth-order valence-corrected chi connectivity index (χ4v) is 6.58. The average Bonchev–Trinajstić information content (AvgIpc) is 3.01. The Morgan fingerprint density at radius 1 is 1.15 bits per heavy atom. The van der Waals surface area contributed by atoms with Gasteiger partial charge in [-0.3, -0.25) is 0 Å². The van der Waals surface area contributed by atoms with E-state index in [1.54, 1.807) is 16.4 Å². The number of fused-ring (bicyclic) bond motifs is 2. The second-order valence-electron chi connectivity index (χ2n) is 8.28. The molecule has 0 amide bonds. The van der Waals surface area contributed by atoms with E-state index in [9.17, 15) is 8.42 Å². The molecule has 0 radical (unpaired) electrons. The summed E-state index contributed by atoms with van der Waals surface area (Å²) in [7, 11) is -3.42. The Morgan fingerprint density at radius 2 is 1.89 bits per heavy atom. The number of aromatic nitrogens is 1. The summed E-state index contributed by atoms with van der Waals surface area (Å²) >= 11 is 0. The lowest BCUT2D eigenvalue weighted by Crippen LogP contribution is -2.33. The molecule has 0 unspecified atom stereocenters. The number of nitrogens with one attached hydrogen (secondary N) is 1. The lowest BCUT2D eigenvalue weighted by atomic mass is 9.94. The Morgan fingerprint density at radius 3 is 2.67 bits per heavy atom. The van der Waals surface area contributed by atoms with Crippen molar-refractivity contribution in [1.82, 2.24) is 9.29 Å². The van der Waals surface area contributed by atoms with Gasteiger partial charge in [-0.25, -0.2) is 8.42 Å². The number of nitrogens with zero attached hydrogens (tertiary/aromatic N) is 1. The van der Waals surface area contributed by atoms with Crippen molar-refractivity contribution in [2.45, 2.75) is 25.2 Å². The second-order valence-corrected chi connectivity index (χ2v) is 10.2. The van der Waals surface area contributed by atoms with E-state index in [2.05, 4.69) is 36.3 Å². The van der Waals surface area contributed by atoms with Gasteiger partial charge >= 0.3 is 0 Å². The lowest BCUT2D eigenvalue weighted by molar-refractivity contribution is 0.365. The molecular weight excluding hydrogens is 356 g/mol. The Hall–Kier alpha value is -2.11. The molecule has 1 N–H and O–H groups in total. The van der Waals surface area contributed by atoms with Crippen LogP contribution in [0.3, 0.4) is 0 Å². The zero-order valence-corrected chi connectivity index (χ0v) is 16.5. The van der Waals surface area contributed by atoms with Crippen LogP contribution < -0.4 is 0 Å². The van der Waals surface area contributed by atoms with Crippen LogP contribution in [0.15, 0.2) is 59.6 Å². The normalized spacial score (nSPS) is 27.8. The fourth-order valence-electron chi connectivity index (χ4n) is 5.04. The minimum atomic E-state index is -3.42. The van der Waals surface area contributed by atoms with E-state index in [1.165, 1.54) is 10.9 Å². The number of aryl methyl sites for hydroxylation is 1. The lowest BCUT2D eigenvalue weighted by Gasteiger charge is -2.22. The van der Waals surface area contributed by atoms with Gasteiger partial charge in [-0.2, -0.15) is 4.31 Å². The first-order valence-corrected chi connectivity index (χ1v) is 11.0. The maximum atomic E-state index is 13.1. The molecule has 27 heavy (non-hydrogen) atoms. The molecule has 5 rings (SSSR count). The molecule has 2 aliphatic rings. The van der Waals surface area contributed by atoms with Crippen molar-refractivity contribution in [2.75, 3.05) is 13.1 Å². The van der Waals surface area contributed by atoms with Gasteiger partial charge < -0.3 is 4.98 Å². The molecule has 2 aromatic carbocycles. The summed E-state index contributed by atoms with van der Waals surface area (Å²) in [6.45, 7) is 5.50. The topological polar surface area (TPSA) is 53.2 Å². The van der Waals surface area contributed by atoms with Crippen LogP contribution in [0.1, 0.15) is 18.1 Å². The van der Waals surface area contributed by atoms with Gasteiger partial charge in [0.05, 0.1) is 4.90 Å². The highest BCUT2D eigenvalue weighted by Crippen LogP contribution is 2.65. The third-order valence-corrected chi connectivity index (χ3v) is 8.69. The van der Waals surface area contributed by atoms with Gasteiger partial charge in [0.2, 0.25) is 10.0 Å². The van der Waals surface area contributed by atoms with Gasteiger partial charge in [-0.05, 0) is 54.4 Å². The Kier molecular flexibility index (Phi) is 3.59. The third kappa shape index (κ3) is 2.48. The maximum Gasteiger partial charge on any atom is 0.243 e. The summed E-state index contributed by atoms with van der Waals surface area (Å²) in [4.78, 5) is 3.76. The number of piperidine rings is 1. The summed E-state index contributed by atoms with van der Waals surface area (Å²) < 4.78 is 27.9. The van der Waals surface area contributed by atoms with Crippen molar-refractivity contribution < 1.29 is 8.42 Å². The van der Waals surface area contributed by atoms with Crippen LogP contribution in [0.2, 0.25) is 0 Å². The van der Waals surface area contributed by atoms with Crippen LogP contribution in [0.25, 0.3) is 10.9 Å². The number of H-pyrrole nitrogens is 1. The molecule has 1 saturated carbocycles. The van der Waals surface area contributed by atoms with E-state index >= 15 is 0 Å². The molecule has 4 nitrogen and oxygen atoms in total. The number of benzene rings is 2. The average molecular weight is 381 g/mol. The van der Waals surface area contributed by atoms with Crippen LogP contribution >= 0.6 is 0 Å². The Labute approximate surface area is 160 Å². The van der Waals surface area contributed by atoms with E-state index in [0.717, 1.165) is 17.5 Å². The predicted molar refractivity (Wildman–Crippen MR) is 107 cm³/mol. The maximum absolute atomic E-state index is 13.1. The quantitative estimate of drug-likeness (QED) is 0.744. The zero-order chi connectivity index (χ0) is 18.8. The van der Waals surface area contributed by atoms with Gasteiger partial charge in [-0.1, -0.05) is 42.8 Å². The van der Waals surface area contributed by atoms with Gasteiger partial charge in [0.25, 0.3) is 0 Å². The van der Waals surface area contributed by atoms with E-state index in [1.807, 2.05) is 25.1 Å². The van der Waals surface area contributed by atoms with E-state index in [-0.39, 0.29) is 5.41 Å². The first kappa shape index (κ1) is 17.0. The molecular formula is C22H24N2O2S. The summed E-state index contributed by atoms with van der Waals surface area (Å²) in [5, 5.41) is 1.25. The molecule has 140 valence electrons. The minimum absolute atomic E-state index is 0.0722. The molecule has 1 aliphatic heterocycles. The number of aromatic amines is 1. The molecule has 5 heteroatoms. The van der Waals surface area contributed by atoms with Crippen LogP contribution in [0, 0.1) is 24.2 Å². The van der Waals surface area contributed by atoms with E-state index in [0.29, 0.717) is 29.8 Å². The van der Waals surface area contributed by atoms with Crippen molar-refractivity contribution in [3.8, 4) is 0 Å². The summed E-state index contributed by atoms with van der Waals surface area (Å²) in [5.41, 5.74) is 3.59. The molecule has 1 aliphatic carbocycles. The molecule has 2 heterocycles. The summed E-state index contributed by atoms with van der Waals surface area (Å²) in [5.74, 6) is 1.02. The highest BCUT2D eigenvalue weighted by molar-refractivity contribution is 7.89. The van der Waals surface area contributed by atoms with Crippen molar-refractivity contribution in [2.24, 2.45) is 17.3 Å². The Bertz CT molecular complexity index is 1120. The smallest absolute Gasteiger partial charge is 0.243 e. The molecule has 3 atom stereocenters. The SMILES string of the molecule is Cc1ccc(S(=O)(=O)N2C[C@H]3[C@H](C)[C@@]3(Cc3c[nH]c4ccccc34)C2)cc1. The van der Waals surface area contributed by atoms with Crippen LogP contribution in [0.5, 0.6) is 0 Å². The highest BCUT2D eigenvalue weighted by atomic mass is 32.2. The second kappa shape index (κ2) is 5.69. The number of para-hydroxylation sites is 1. The monoisotopic (exact) mass is 380 g/mol. The molecule has 1 aromatic heterocycles. The number of rotatable bonds is 4. The van der Waals surface area contributed by atoms with Crippen molar-refractivity contribution in [3.63, 3.8) is 0 Å². The summed E-state index contributed by atoms with van der Waals surface area (Å²) in [6.07, 6.45) is 3.03. The first-order valence-electron chi connectivity index (χ1n) is 9.54. The number of sulfonamides is 1. The van der Waals surface area contributed by atoms with Crippen molar-refractivity contribution in [3.05, 3.63) is 65.9 Å². The van der Waals surface area contributed by atoms with E-state index < -0.39 is 10.0 Å². The standard InChI is InChI=1S/C22H24N2O2S/c1-15-7-9-18(10-8-15)27(25,26)24-13-20-16(2)22(20,14-24)11-17-12-23-21-6-4-3-5-19(17)21/h3-10,12,16,20,23H,11,13-14H2,1-2H3/t16-,20-,22+/m0/s1. The summed E-state index contributed by atoms with van der Waals surface area (Å²) in [6, 6.07) is 15.5. The molecule has 3 aromatic rings. The minimum Gasteiger partial charge on any atom is -0.361 e. The Balaban J connectivity index is 1.43. The molecule has 1 saturated heterocycles. The molecule has 0 bridgehead atoms.